The van der Waals surface area contributed by atoms with E-state index in [9.17, 15) is 4.79 Å². The standard InChI is InChI=1S/C20H38N4O4.HI/c1-6-8-15(23-19(25)28-20(2,3)4)13-22-18(21-5)24-10-12-27-17(14-24)16-9-7-11-26-16;/h15-17H,6-14H2,1-5H3,(H,21,22)(H,23,25);1H. The van der Waals surface area contributed by atoms with Gasteiger partial charge in [-0.2, -0.15) is 0 Å². The smallest absolute Gasteiger partial charge is 0.407 e. The summed E-state index contributed by atoms with van der Waals surface area (Å²) in [5, 5.41) is 6.38. The van der Waals surface area contributed by atoms with Gasteiger partial charge in [0.1, 0.15) is 11.7 Å². The molecule has 29 heavy (non-hydrogen) atoms. The average molecular weight is 526 g/mol. The van der Waals surface area contributed by atoms with E-state index in [1.807, 2.05) is 20.8 Å². The summed E-state index contributed by atoms with van der Waals surface area (Å²) in [6, 6.07) is -0.0217. The molecule has 0 aromatic heterocycles. The second-order valence-corrected chi connectivity index (χ2v) is 8.47. The number of hydrogen-bond donors (Lipinski definition) is 2. The summed E-state index contributed by atoms with van der Waals surface area (Å²) < 4.78 is 17.1. The topological polar surface area (TPSA) is 84.4 Å². The van der Waals surface area contributed by atoms with E-state index in [0.29, 0.717) is 13.2 Å². The van der Waals surface area contributed by atoms with Crippen LogP contribution in [0, 0.1) is 0 Å². The zero-order valence-corrected chi connectivity index (χ0v) is 20.9. The molecule has 3 unspecified atom stereocenters. The molecule has 3 atom stereocenters. The van der Waals surface area contributed by atoms with Gasteiger partial charge in [0, 0.05) is 39.3 Å². The Morgan fingerprint density at radius 1 is 1.28 bits per heavy atom. The second kappa shape index (κ2) is 12.8. The molecule has 2 rings (SSSR count). The molecule has 8 nitrogen and oxygen atoms in total. The first-order chi connectivity index (χ1) is 13.3. The molecule has 1 amide bonds. The van der Waals surface area contributed by atoms with Crippen molar-refractivity contribution in [1.82, 2.24) is 15.5 Å². The molecule has 2 saturated heterocycles. The number of ether oxygens (including phenoxy) is 3. The zero-order valence-electron chi connectivity index (χ0n) is 18.5. The molecule has 9 heteroatoms. The Balaban J connectivity index is 0.00000420. The molecule has 0 aliphatic carbocycles. The largest absolute Gasteiger partial charge is 0.444 e. The van der Waals surface area contributed by atoms with Gasteiger partial charge in [0.15, 0.2) is 5.96 Å². The molecule has 0 spiro atoms. The van der Waals surface area contributed by atoms with E-state index in [1.54, 1.807) is 7.05 Å². The lowest BCUT2D eigenvalue weighted by molar-refractivity contribution is -0.0817. The molecule has 0 aromatic carbocycles. The van der Waals surface area contributed by atoms with E-state index in [1.165, 1.54) is 0 Å². The third-order valence-corrected chi connectivity index (χ3v) is 4.85. The van der Waals surface area contributed by atoms with Gasteiger partial charge < -0.3 is 29.7 Å². The van der Waals surface area contributed by atoms with Crippen molar-refractivity contribution in [2.75, 3.05) is 39.9 Å². The SMILES string of the molecule is CCCC(CNC(=NC)N1CCOC(C2CCCO2)C1)NC(=O)OC(C)(C)C.I. The van der Waals surface area contributed by atoms with Gasteiger partial charge >= 0.3 is 6.09 Å². The number of carbonyl (C=O) groups excluding carboxylic acids is 1. The first-order valence-corrected chi connectivity index (χ1v) is 10.5. The lowest BCUT2D eigenvalue weighted by atomic mass is 10.1. The van der Waals surface area contributed by atoms with Crippen LogP contribution in [0.1, 0.15) is 53.4 Å². The fourth-order valence-electron chi connectivity index (χ4n) is 3.58. The molecule has 2 fully saturated rings. The van der Waals surface area contributed by atoms with Gasteiger partial charge in [0.05, 0.1) is 12.7 Å². The molecule has 0 saturated carbocycles. The summed E-state index contributed by atoms with van der Waals surface area (Å²) in [5.41, 5.74) is -0.505. The second-order valence-electron chi connectivity index (χ2n) is 8.47. The molecular formula is C20H39IN4O4. The molecule has 170 valence electrons. The number of amides is 1. The van der Waals surface area contributed by atoms with Crippen molar-refractivity contribution in [3.63, 3.8) is 0 Å². The van der Waals surface area contributed by atoms with Crippen LogP contribution in [-0.4, -0.2) is 80.7 Å². The average Bonchev–Trinajstić information content (AvgIpc) is 3.15. The van der Waals surface area contributed by atoms with Gasteiger partial charge in [-0.15, -0.1) is 24.0 Å². The van der Waals surface area contributed by atoms with Crippen molar-refractivity contribution in [2.24, 2.45) is 4.99 Å². The molecule has 2 aliphatic heterocycles. The Morgan fingerprint density at radius 3 is 2.59 bits per heavy atom. The van der Waals surface area contributed by atoms with Crippen molar-refractivity contribution >= 4 is 36.0 Å². The van der Waals surface area contributed by atoms with Crippen LogP contribution in [0.15, 0.2) is 4.99 Å². The predicted molar refractivity (Wildman–Crippen MR) is 125 cm³/mol. The summed E-state index contributed by atoms with van der Waals surface area (Å²) in [6.07, 6.45) is 3.89. The Kier molecular flexibility index (Phi) is 11.6. The van der Waals surface area contributed by atoms with Crippen molar-refractivity contribution in [3.05, 3.63) is 0 Å². The number of halogens is 1. The summed E-state index contributed by atoms with van der Waals surface area (Å²) >= 11 is 0. The Bertz CT molecular complexity index is 521. The highest BCUT2D eigenvalue weighted by Gasteiger charge is 2.32. The highest BCUT2D eigenvalue weighted by Crippen LogP contribution is 2.21. The number of carbonyl (C=O) groups is 1. The van der Waals surface area contributed by atoms with Crippen LogP contribution < -0.4 is 10.6 Å². The monoisotopic (exact) mass is 526 g/mol. The summed E-state index contributed by atoms with van der Waals surface area (Å²) in [6.45, 7) is 11.4. The normalized spacial score (nSPS) is 23.9. The number of nitrogens with zero attached hydrogens (tertiary/aromatic N) is 2. The van der Waals surface area contributed by atoms with Gasteiger partial charge in [-0.05, 0) is 40.0 Å². The number of morpholine rings is 1. The van der Waals surface area contributed by atoms with Crippen LogP contribution >= 0.6 is 24.0 Å². The summed E-state index contributed by atoms with van der Waals surface area (Å²) in [7, 11) is 1.79. The third kappa shape index (κ3) is 9.25. The van der Waals surface area contributed by atoms with Gasteiger partial charge in [-0.1, -0.05) is 13.3 Å². The van der Waals surface area contributed by atoms with E-state index in [0.717, 1.165) is 51.3 Å². The number of guanidine groups is 1. The summed E-state index contributed by atoms with van der Waals surface area (Å²) in [4.78, 5) is 18.8. The summed E-state index contributed by atoms with van der Waals surface area (Å²) in [5.74, 6) is 0.832. The van der Waals surface area contributed by atoms with E-state index < -0.39 is 5.60 Å². The molecule has 2 aliphatic rings. The first-order valence-electron chi connectivity index (χ1n) is 10.5. The molecule has 0 aromatic rings. The van der Waals surface area contributed by atoms with Gasteiger partial charge in [0.25, 0.3) is 0 Å². The first kappa shape index (κ1) is 26.2. The molecule has 2 N–H and O–H groups in total. The molecule has 0 bridgehead atoms. The Labute approximate surface area is 192 Å². The zero-order chi connectivity index (χ0) is 20.6. The van der Waals surface area contributed by atoms with Crippen molar-refractivity contribution < 1.29 is 19.0 Å². The highest BCUT2D eigenvalue weighted by molar-refractivity contribution is 14.0. The molecule has 0 radical (unpaired) electrons. The molecule has 2 heterocycles. The predicted octanol–water partition coefficient (Wildman–Crippen LogP) is 2.75. The van der Waals surface area contributed by atoms with Crippen LogP contribution in [0.25, 0.3) is 0 Å². The number of rotatable bonds is 6. The van der Waals surface area contributed by atoms with Gasteiger partial charge in [-0.25, -0.2) is 4.79 Å². The highest BCUT2D eigenvalue weighted by atomic mass is 127. The van der Waals surface area contributed by atoms with E-state index >= 15 is 0 Å². The minimum absolute atomic E-state index is 0. The van der Waals surface area contributed by atoms with Gasteiger partial charge in [0.2, 0.25) is 0 Å². The lowest BCUT2D eigenvalue weighted by Crippen LogP contribution is -2.55. The van der Waals surface area contributed by atoms with Crippen molar-refractivity contribution in [1.29, 1.82) is 0 Å². The van der Waals surface area contributed by atoms with E-state index in [-0.39, 0.29) is 48.3 Å². The number of hydrogen-bond acceptors (Lipinski definition) is 5. The Hall–Kier alpha value is -0.810. The van der Waals surface area contributed by atoms with Crippen LogP contribution in [0.2, 0.25) is 0 Å². The third-order valence-electron chi connectivity index (χ3n) is 4.85. The van der Waals surface area contributed by atoms with Crippen LogP contribution in [0.3, 0.4) is 0 Å². The maximum absolute atomic E-state index is 12.1. The number of nitrogens with one attached hydrogen (secondary N) is 2. The molecular weight excluding hydrogens is 487 g/mol. The van der Waals surface area contributed by atoms with Crippen molar-refractivity contribution in [2.45, 2.75) is 77.2 Å². The van der Waals surface area contributed by atoms with E-state index in [2.05, 4.69) is 27.4 Å². The minimum Gasteiger partial charge on any atom is -0.444 e. The van der Waals surface area contributed by atoms with E-state index in [4.69, 9.17) is 14.2 Å². The van der Waals surface area contributed by atoms with Crippen molar-refractivity contribution in [3.8, 4) is 0 Å². The van der Waals surface area contributed by atoms with Crippen LogP contribution in [0.5, 0.6) is 0 Å². The van der Waals surface area contributed by atoms with Crippen LogP contribution in [-0.2, 0) is 14.2 Å². The van der Waals surface area contributed by atoms with Crippen LogP contribution in [0.4, 0.5) is 4.79 Å². The fourth-order valence-corrected chi connectivity index (χ4v) is 3.58. The maximum Gasteiger partial charge on any atom is 0.407 e. The number of alkyl carbamates (subject to hydrolysis) is 1. The fraction of sp³-hybridized carbons (Fsp3) is 0.900. The maximum atomic E-state index is 12.1. The quantitative estimate of drug-likeness (QED) is 0.315. The number of aliphatic imine (C=N–C) groups is 1. The minimum atomic E-state index is -0.505. The van der Waals surface area contributed by atoms with Gasteiger partial charge in [-0.3, -0.25) is 4.99 Å². The Morgan fingerprint density at radius 2 is 2.00 bits per heavy atom. The lowest BCUT2D eigenvalue weighted by Gasteiger charge is -2.37.